The fourth-order valence-electron chi connectivity index (χ4n) is 10.1. The zero-order valence-corrected chi connectivity index (χ0v) is 34.2. The lowest BCUT2D eigenvalue weighted by Gasteiger charge is -2.18. The van der Waals surface area contributed by atoms with Crippen LogP contribution in [0.2, 0.25) is 0 Å². The van der Waals surface area contributed by atoms with Crippen molar-refractivity contribution in [3.05, 3.63) is 231 Å². The van der Waals surface area contributed by atoms with Crippen LogP contribution in [-0.4, -0.2) is 9.13 Å². The third-order valence-electron chi connectivity index (χ3n) is 12.9. The van der Waals surface area contributed by atoms with E-state index in [1.54, 1.807) is 0 Å². The lowest BCUT2D eigenvalue weighted by molar-refractivity contribution is 0.670. The molecule has 0 unspecified atom stereocenters. The van der Waals surface area contributed by atoms with Crippen LogP contribution in [0.5, 0.6) is 0 Å². The van der Waals surface area contributed by atoms with Crippen LogP contribution in [0, 0.1) is 0 Å². The van der Waals surface area contributed by atoms with Gasteiger partial charge in [-0.25, -0.2) is 0 Å². The van der Waals surface area contributed by atoms with Crippen molar-refractivity contribution in [1.29, 1.82) is 0 Å². The van der Waals surface area contributed by atoms with E-state index < -0.39 is 0 Å². The highest BCUT2D eigenvalue weighted by atomic mass is 16.3. The van der Waals surface area contributed by atoms with Gasteiger partial charge in [-0.05, 0) is 106 Å². The average Bonchev–Trinajstić information content (AvgIpc) is 4.01. The first-order valence-corrected chi connectivity index (χ1v) is 21.6. The van der Waals surface area contributed by atoms with Crippen molar-refractivity contribution in [2.45, 2.75) is 0 Å². The summed E-state index contributed by atoms with van der Waals surface area (Å²) in [6.07, 6.45) is 0. The Hall–Kier alpha value is -8.40. The predicted molar refractivity (Wildman–Crippen MR) is 264 cm³/mol. The number of hydrogen-bond acceptors (Lipinski definition) is 1. The van der Waals surface area contributed by atoms with Gasteiger partial charge in [0.1, 0.15) is 11.2 Å². The van der Waals surface area contributed by atoms with Crippen molar-refractivity contribution in [1.82, 2.24) is 9.13 Å². The molecule has 13 rings (SSSR count). The van der Waals surface area contributed by atoms with Crippen LogP contribution in [0.15, 0.2) is 235 Å². The molecule has 0 aliphatic rings. The summed E-state index contributed by atoms with van der Waals surface area (Å²) in [4.78, 5) is 0. The second-order valence-electron chi connectivity index (χ2n) is 16.4. The van der Waals surface area contributed by atoms with E-state index in [0.29, 0.717) is 0 Å². The predicted octanol–water partition coefficient (Wildman–Crippen LogP) is 16.4. The number of nitrogens with zero attached hydrogens (tertiary/aromatic N) is 2. The number of furan rings is 1. The van der Waals surface area contributed by atoms with Gasteiger partial charge in [0, 0.05) is 54.8 Å². The molecule has 0 saturated heterocycles. The maximum atomic E-state index is 7.13. The first kappa shape index (κ1) is 35.4. The highest BCUT2D eigenvalue weighted by molar-refractivity contribution is 6.16. The number of fused-ring (bicyclic) bond motifs is 9. The zero-order valence-electron chi connectivity index (χ0n) is 34.2. The Labute approximate surface area is 363 Å². The Morgan fingerprint density at radius 3 is 1.40 bits per heavy atom. The number of aromatic nitrogens is 2. The molecule has 10 aromatic carbocycles. The summed E-state index contributed by atoms with van der Waals surface area (Å²) in [6, 6.07) is 83.4. The van der Waals surface area contributed by atoms with E-state index >= 15 is 0 Å². The molecular formula is C60H38N2O. The first-order valence-electron chi connectivity index (χ1n) is 21.6. The second-order valence-corrected chi connectivity index (χ2v) is 16.4. The molecule has 0 atom stereocenters. The third-order valence-corrected chi connectivity index (χ3v) is 12.9. The topological polar surface area (TPSA) is 23.0 Å². The lowest BCUT2D eigenvalue weighted by Crippen LogP contribution is -1.93. The Kier molecular flexibility index (Phi) is 7.91. The molecule has 3 heteroatoms. The van der Waals surface area contributed by atoms with E-state index in [4.69, 9.17) is 4.42 Å². The number of benzene rings is 10. The molecule has 3 heterocycles. The van der Waals surface area contributed by atoms with Crippen molar-refractivity contribution in [2.75, 3.05) is 0 Å². The van der Waals surface area contributed by atoms with Gasteiger partial charge in [0.25, 0.3) is 0 Å². The normalized spacial score (nSPS) is 11.8. The van der Waals surface area contributed by atoms with Gasteiger partial charge in [-0.1, -0.05) is 158 Å². The van der Waals surface area contributed by atoms with Crippen LogP contribution < -0.4 is 0 Å². The van der Waals surface area contributed by atoms with E-state index in [2.05, 4.69) is 240 Å². The minimum absolute atomic E-state index is 0.854. The van der Waals surface area contributed by atoms with Gasteiger partial charge in [0.2, 0.25) is 0 Å². The van der Waals surface area contributed by atoms with Crippen molar-refractivity contribution in [2.24, 2.45) is 0 Å². The minimum Gasteiger partial charge on any atom is -0.455 e. The van der Waals surface area contributed by atoms with Crippen LogP contribution in [0.1, 0.15) is 0 Å². The van der Waals surface area contributed by atoms with E-state index in [-0.39, 0.29) is 0 Å². The van der Waals surface area contributed by atoms with E-state index in [0.717, 1.165) is 77.8 Å². The van der Waals surface area contributed by atoms with Crippen LogP contribution in [0.3, 0.4) is 0 Å². The van der Waals surface area contributed by atoms with Gasteiger partial charge in [-0.15, -0.1) is 0 Å². The monoisotopic (exact) mass is 802 g/mol. The van der Waals surface area contributed by atoms with Gasteiger partial charge in [0.05, 0.1) is 22.1 Å². The van der Waals surface area contributed by atoms with Crippen LogP contribution in [0.25, 0.3) is 121 Å². The molecule has 0 fully saturated rings. The molecule has 294 valence electrons. The quantitative estimate of drug-likeness (QED) is 0.164. The fraction of sp³-hybridized carbons (Fsp3) is 0. The van der Waals surface area contributed by atoms with Crippen LogP contribution in [-0.2, 0) is 0 Å². The lowest BCUT2D eigenvalue weighted by atomic mass is 9.85. The van der Waals surface area contributed by atoms with Gasteiger partial charge in [-0.2, -0.15) is 0 Å². The summed E-state index contributed by atoms with van der Waals surface area (Å²) in [7, 11) is 0. The molecule has 13 aromatic rings. The maximum absolute atomic E-state index is 7.13. The summed E-state index contributed by atoms with van der Waals surface area (Å²) in [5, 5.41) is 7.08. The molecule has 0 N–H and O–H groups in total. The second kappa shape index (κ2) is 14.1. The molecule has 3 aromatic heterocycles. The molecule has 0 radical (unpaired) electrons. The molecule has 3 nitrogen and oxygen atoms in total. The standard InChI is InChI=1S/C60H38N2O/c1-4-17-39(18-5-1)45-26-16-27-46(40-19-6-2-7-20-40)59(45)53-37-42(41-31-33-57-50(35-41)49-25-12-15-30-56(49)61(57)43-21-8-3-9-22-43)36-52-51-38-44(32-34-58(51)63-60(52)53)62-54-28-13-10-23-47(54)48-24-11-14-29-55(48)62/h1-38H. The van der Waals surface area contributed by atoms with Gasteiger partial charge in [-0.3, -0.25) is 0 Å². The summed E-state index contributed by atoms with van der Waals surface area (Å²) in [5.41, 5.74) is 17.8. The van der Waals surface area contributed by atoms with Crippen molar-refractivity contribution >= 4 is 65.6 Å². The molecule has 0 bridgehead atoms. The Morgan fingerprint density at radius 2 is 0.778 bits per heavy atom. The van der Waals surface area contributed by atoms with E-state index in [1.807, 2.05) is 0 Å². The molecule has 0 aliphatic carbocycles. The van der Waals surface area contributed by atoms with Gasteiger partial charge >= 0.3 is 0 Å². The Balaban J connectivity index is 1.13. The third kappa shape index (κ3) is 5.53. The summed E-state index contributed by atoms with van der Waals surface area (Å²) >= 11 is 0. The maximum Gasteiger partial charge on any atom is 0.143 e. The zero-order chi connectivity index (χ0) is 41.4. The first-order chi connectivity index (χ1) is 31.3. The molecular weight excluding hydrogens is 765 g/mol. The van der Waals surface area contributed by atoms with E-state index in [9.17, 15) is 0 Å². The molecule has 0 aliphatic heterocycles. The summed E-state index contributed by atoms with van der Waals surface area (Å²) < 4.78 is 11.9. The number of hydrogen-bond donors (Lipinski definition) is 0. The van der Waals surface area contributed by atoms with Gasteiger partial charge in [0.15, 0.2) is 0 Å². The van der Waals surface area contributed by atoms with Crippen LogP contribution >= 0.6 is 0 Å². The Bertz CT molecular complexity index is 3780. The molecule has 0 amide bonds. The smallest absolute Gasteiger partial charge is 0.143 e. The summed E-state index contributed by atoms with van der Waals surface area (Å²) in [5.74, 6) is 0. The van der Waals surface area contributed by atoms with E-state index in [1.165, 1.54) is 43.6 Å². The number of para-hydroxylation sites is 4. The highest BCUT2D eigenvalue weighted by Crippen LogP contribution is 2.47. The SMILES string of the molecule is c1ccc(-c2cccc(-c3ccccc3)c2-c2cc(-c3ccc4c(c3)c3ccccc3n4-c3ccccc3)cc3c2oc2ccc(-n4c5ccccc5c5ccccc54)cc23)cc1. The molecule has 0 saturated carbocycles. The van der Waals surface area contributed by atoms with Crippen molar-refractivity contribution in [3.8, 4) is 55.9 Å². The molecule has 0 spiro atoms. The van der Waals surface area contributed by atoms with Crippen LogP contribution in [0.4, 0.5) is 0 Å². The van der Waals surface area contributed by atoms with Gasteiger partial charge < -0.3 is 13.6 Å². The minimum atomic E-state index is 0.854. The van der Waals surface area contributed by atoms with Crippen molar-refractivity contribution in [3.63, 3.8) is 0 Å². The van der Waals surface area contributed by atoms with Crippen molar-refractivity contribution < 1.29 is 4.42 Å². The average molecular weight is 803 g/mol. The highest BCUT2D eigenvalue weighted by Gasteiger charge is 2.23. The number of rotatable bonds is 6. The molecule has 63 heavy (non-hydrogen) atoms. The fourth-order valence-corrected chi connectivity index (χ4v) is 10.1. The Morgan fingerprint density at radius 1 is 0.270 bits per heavy atom. The summed E-state index contributed by atoms with van der Waals surface area (Å²) in [6.45, 7) is 0. The largest absolute Gasteiger partial charge is 0.455 e.